The van der Waals surface area contributed by atoms with Gasteiger partial charge in [-0.3, -0.25) is 9.78 Å². The Balaban J connectivity index is 0.00000364. The summed E-state index contributed by atoms with van der Waals surface area (Å²) in [6.07, 6.45) is 4.80. The number of amides is 1. The molecule has 0 aliphatic carbocycles. The first-order valence-electron chi connectivity index (χ1n) is 8.77. The zero-order valence-electron chi connectivity index (χ0n) is 16.4. The molecule has 1 amide bonds. The molecule has 156 valence electrons. The number of nitrogens with one attached hydrogen (secondary N) is 2. The molecular formula is C20H29Cl2N3O3. The third kappa shape index (κ3) is 8.33. The van der Waals surface area contributed by atoms with Crippen LogP contribution in [0, 0.1) is 0 Å². The van der Waals surface area contributed by atoms with Gasteiger partial charge in [0.25, 0.3) is 0 Å². The van der Waals surface area contributed by atoms with Gasteiger partial charge in [-0.25, -0.2) is 0 Å². The van der Waals surface area contributed by atoms with Crippen LogP contribution in [0.2, 0.25) is 0 Å². The van der Waals surface area contributed by atoms with Crippen LogP contribution in [0.1, 0.15) is 36.9 Å². The van der Waals surface area contributed by atoms with Gasteiger partial charge in [-0.05, 0) is 62.3 Å². The van der Waals surface area contributed by atoms with Crippen LogP contribution in [-0.2, 0) is 11.4 Å². The summed E-state index contributed by atoms with van der Waals surface area (Å²) in [5.74, 6) is 1.36. The maximum Gasteiger partial charge on any atom is 0.220 e. The number of carbonyl (C=O) groups is 1. The van der Waals surface area contributed by atoms with Crippen molar-refractivity contribution in [2.24, 2.45) is 0 Å². The van der Waals surface area contributed by atoms with E-state index in [1.807, 2.05) is 44.3 Å². The quantitative estimate of drug-likeness (QED) is 0.563. The van der Waals surface area contributed by atoms with Gasteiger partial charge in [0.05, 0.1) is 13.2 Å². The summed E-state index contributed by atoms with van der Waals surface area (Å²) < 4.78 is 11.3. The van der Waals surface area contributed by atoms with E-state index >= 15 is 0 Å². The number of hydrogen-bond acceptors (Lipinski definition) is 5. The van der Waals surface area contributed by atoms with E-state index in [0.29, 0.717) is 24.5 Å². The summed E-state index contributed by atoms with van der Waals surface area (Å²) >= 11 is 0. The molecule has 1 heterocycles. The van der Waals surface area contributed by atoms with Crippen molar-refractivity contribution in [2.45, 2.75) is 32.4 Å². The lowest BCUT2D eigenvalue weighted by Crippen LogP contribution is -2.27. The van der Waals surface area contributed by atoms with E-state index in [2.05, 4.69) is 15.6 Å². The molecule has 1 aromatic carbocycles. The summed E-state index contributed by atoms with van der Waals surface area (Å²) in [5.41, 5.74) is 2.01. The first-order valence-corrected chi connectivity index (χ1v) is 8.77. The predicted molar refractivity (Wildman–Crippen MR) is 116 cm³/mol. The number of hydrogen-bond donors (Lipinski definition) is 2. The summed E-state index contributed by atoms with van der Waals surface area (Å²) in [4.78, 5) is 16.0. The Hall–Kier alpha value is -2.02. The summed E-state index contributed by atoms with van der Waals surface area (Å²) in [7, 11) is 3.49. The monoisotopic (exact) mass is 429 g/mol. The van der Waals surface area contributed by atoms with Crippen LogP contribution in [0.25, 0.3) is 0 Å². The average Bonchev–Trinajstić information content (AvgIpc) is 2.67. The molecule has 0 spiro atoms. The van der Waals surface area contributed by atoms with Crippen molar-refractivity contribution in [1.29, 1.82) is 0 Å². The topological polar surface area (TPSA) is 72.5 Å². The summed E-state index contributed by atoms with van der Waals surface area (Å²) in [6, 6.07) is 9.45. The first kappa shape index (κ1) is 26.0. The minimum absolute atomic E-state index is 0. The molecule has 1 unspecified atom stereocenters. The molecular weight excluding hydrogens is 401 g/mol. The number of aromatic nitrogens is 1. The van der Waals surface area contributed by atoms with Gasteiger partial charge in [0, 0.05) is 18.8 Å². The Labute approximate surface area is 179 Å². The van der Waals surface area contributed by atoms with E-state index in [-0.39, 0.29) is 36.8 Å². The minimum atomic E-state index is -0.0970. The lowest BCUT2D eigenvalue weighted by Gasteiger charge is -2.17. The van der Waals surface area contributed by atoms with Crippen molar-refractivity contribution in [1.82, 2.24) is 15.6 Å². The zero-order valence-corrected chi connectivity index (χ0v) is 18.1. The van der Waals surface area contributed by atoms with Crippen molar-refractivity contribution in [2.75, 3.05) is 20.7 Å². The first-order chi connectivity index (χ1) is 12.6. The molecule has 2 N–H and O–H groups in total. The Morgan fingerprint density at radius 2 is 1.86 bits per heavy atom. The van der Waals surface area contributed by atoms with Crippen LogP contribution < -0.4 is 20.1 Å². The van der Waals surface area contributed by atoms with Crippen molar-refractivity contribution in [3.8, 4) is 11.5 Å². The number of rotatable bonds is 10. The van der Waals surface area contributed by atoms with Crippen LogP contribution in [0.3, 0.4) is 0 Å². The van der Waals surface area contributed by atoms with E-state index in [1.165, 1.54) is 0 Å². The third-order valence-corrected chi connectivity index (χ3v) is 4.04. The van der Waals surface area contributed by atoms with Crippen LogP contribution in [0.15, 0.2) is 42.7 Å². The number of halogens is 2. The van der Waals surface area contributed by atoms with Crippen LogP contribution in [0.5, 0.6) is 11.5 Å². The maximum absolute atomic E-state index is 12.0. The molecule has 0 fully saturated rings. The molecule has 2 rings (SSSR count). The average molecular weight is 430 g/mol. The normalized spacial score (nSPS) is 10.8. The van der Waals surface area contributed by atoms with E-state index in [4.69, 9.17) is 9.47 Å². The summed E-state index contributed by atoms with van der Waals surface area (Å²) in [6.45, 7) is 3.23. The van der Waals surface area contributed by atoms with Gasteiger partial charge in [-0.15, -0.1) is 24.8 Å². The minimum Gasteiger partial charge on any atom is -0.493 e. The van der Waals surface area contributed by atoms with Crippen LogP contribution in [0.4, 0.5) is 0 Å². The second-order valence-electron chi connectivity index (χ2n) is 6.05. The SMILES string of the molecule is CNCCCC(=O)NC(C)c1ccc(OCc2ccncc2)c(OC)c1.Cl.Cl. The van der Waals surface area contributed by atoms with E-state index in [0.717, 1.165) is 24.1 Å². The number of nitrogens with zero attached hydrogens (tertiary/aromatic N) is 1. The molecule has 0 radical (unpaired) electrons. The van der Waals surface area contributed by atoms with Gasteiger partial charge in [0.1, 0.15) is 6.61 Å². The fourth-order valence-electron chi connectivity index (χ4n) is 2.54. The highest BCUT2D eigenvalue weighted by Gasteiger charge is 2.13. The van der Waals surface area contributed by atoms with Crippen LogP contribution in [-0.4, -0.2) is 31.6 Å². The molecule has 0 bridgehead atoms. The number of pyridine rings is 1. The highest BCUT2D eigenvalue weighted by atomic mass is 35.5. The number of ether oxygens (including phenoxy) is 2. The number of methoxy groups -OCH3 is 1. The van der Waals surface area contributed by atoms with Gasteiger partial charge in [-0.1, -0.05) is 6.07 Å². The smallest absolute Gasteiger partial charge is 0.220 e. The molecule has 0 aliphatic heterocycles. The molecule has 8 heteroatoms. The molecule has 0 aliphatic rings. The van der Waals surface area contributed by atoms with Gasteiger partial charge in [0.2, 0.25) is 5.91 Å². The highest BCUT2D eigenvalue weighted by molar-refractivity contribution is 5.85. The Morgan fingerprint density at radius 3 is 2.50 bits per heavy atom. The molecule has 0 saturated carbocycles. The second kappa shape index (κ2) is 14.0. The molecule has 6 nitrogen and oxygen atoms in total. The third-order valence-electron chi connectivity index (χ3n) is 4.04. The van der Waals surface area contributed by atoms with E-state index < -0.39 is 0 Å². The zero-order chi connectivity index (χ0) is 18.8. The Morgan fingerprint density at radius 1 is 1.14 bits per heavy atom. The lowest BCUT2D eigenvalue weighted by atomic mass is 10.1. The molecule has 0 saturated heterocycles. The largest absolute Gasteiger partial charge is 0.493 e. The van der Waals surface area contributed by atoms with Crippen molar-refractivity contribution < 1.29 is 14.3 Å². The van der Waals surface area contributed by atoms with Crippen molar-refractivity contribution >= 4 is 30.7 Å². The molecule has 28 heavy (non-hydrogen) atoms. The predicted octanol–water partition coefficient (Wildman–Crippen LogP) is 3.69. The number of carbonyl (C=O) groups excluding carboxylic acids is 1. The highest BCUT2D eigenvalue weighted by Crippen LogP contribution is 2.31. The second-order valence-corrected chi connectivity index (χ2v) is 6.05. The molecule has 2 aromatic rings. The lowest BCUT2D eigenvalue weighted by molar-refractivity contribution is -0.121. The van der Waals surface area contributed by atoms with E-state index in [1.54, 1.807) is 19.5 Å². The standard InChI is InChI=1S/C20H27N3O3.2ClH/c1-15(23-20(24)5-4-10-21-2)17-6-7-18(19(13-17)25-3)26-14-16-8-11-22-12-9-16;;/h6-9,11-13,15,21H,4-5,10,14H2,1-3H3,(H,23,24);2*1H. The Kier molecular flexibility index (Phi) is 13.0. The Bertz CT molecular complexity index is 702. The fourth-order valence-corrected chi connectivity index (χ4v) is 2.54. The summed E-state index contributed by atoms with van der Waals surface area (Å²) in [5, 5.41) is 6.05. The van der Waals surface area contributed by atoms with E-state index in [9.17, 15) is 4.79 Å². The van der Waals surface area contributed by atoms with Gasteiger partial charge < -0.3 is 20.1 Å². The maximum atomic E-state index is 12.0. The molecule has 1 atom stereocenters. The van der Waals surface area contributed by atoms with Gasteiger partial charge in [-0.2, -0.15) is 0 Å². The van der Waals surface area contributed by atoms with Crippen molar-refractivity contribution in [3.63, 3.8) is 0 Å². The van der Waals surface area contributed by atoms with Crippen LogP contribution >= 0.6 is 24.8 Å². The molecule has 1 aromatic heterocycles. The van der Waals surface area contributed by atoms with Gasteiger partial charge in [0.15, 0.2) is 11.5 Å². The number of benzene rings is 1. The fraction of sp³-hybridized carbons (Fsp3) is 0.400. The van der Waals surface area contributed by atoms with Crippen molar-refractivity contribution in [3.05, 3.63) is 53.9 Å². The van der Waals surface area contributed by atoms with Gasteiger partial charge >= 0.3 is 0 Å².